The third-order valence-electron chi connectivity index (χ3n) is 3.02. The number of hydrogen-bond acceptors (Lipinski definition) is 3. The van der Waals surface area contributed by atoms with E-state index in [1.54, 1.807) is 18.2 Å². The highest BCUT2D eigenvalue weighted by Gasteiger charge is 2.08. The number of rotatable bonds is 4. The molecule has 3 nitrogen and oxygen atoms in total. The molecule has 0 atom stereocenters. The standard InChI is InChI=1S/C16H18O3S/c1-12(2)13-7-9-14(10-8-13)19-15-5-4-6-16(11-15)20(3,17)18/h4-12H,1-3H3. The van der Waals surface area contributed by atoms with Crippen molar-refractivity contribution < 1.29 is 13.2 Å². The fourth-order valence-electron chi connectivity index (χ4n) is 1.83. The molecule has 0 N–H and O–H groups in total. The van der Waals surface area contributed by atoms with Crippen molar-refractivity contribution in [2.75, 3.05) is 6.26 Å². The highest BCUT2D eigenvalue weighted by atomic mass is 32.2. The summed E-state index contributed by atoms with van der Waals surface area (Å²) in [5.41, 5.74) is 1.24. The summed E-state index contributed by atoms with van der Waals surface area (Å²) in [4.78, 5) is 0.258. The van der Waals surface area contributed by atoms with Crippen LogP contribution in [-0.2, 0) is 9.84 Å². The molecule has 0 spiro atoms. The molecule has 2 aromatic carbocycles. The third kappa shape index (κ3) is 3.61. The van der Waals surface area contributed by atoms with Gasteiger partial charge in [-0.25, -0.2) is 8.42 Å². The van der Waals surface area contributed by atoms with Crippen LogP contribution in [0.5, 0.6) is 11.5 Å². The molecule has 0 aliphatic carbocycles. The van der Waals surface area contributed by atoms with Gasteiger partial charge in [-0.3, -0.25) is 0 Å². The monoisotopic (exact) mass is 290 g/mol. The molecule has 2 aromatic rings. The molecular formula is C16H18O3S. The van der Waals surface area contributed by atoms with E-state index in [0.717, 1.165) is 0 Å². The highest BCUT2D eigenvalue weighted by Crippen LogP contribution is 2.25. The Balaban J connectivity index is 2.22. The molecule has 0 bridgehead atoms. The van der Waals surface area contributed by atoms with E-state index in [1.807, 2.05) is 24.3 Å². The van der Waals surface area contributed by atoms with Gasteiger partial charge in [-0.15, -0.1) is 0 Å². The topological polar surface area (TPSA) is 43.4 Å². The molecule has 0 aromatic heterocycles. The summed E-state index contributed by atoms with van der Waals surface area (Å²) in [6.45, 7) is 4.26. The van der Waals surface area contributed by atoms with Crippen molar-refractivity contribution in [2.24, 2.45) is 0 Å². The van der Waals surface area contributed by atoms with Gasteiger partial charge in [0.15, 0.2) is 9.84 Å². The molecular weight excluding hydrogens is 272 g/mol. The Morgan fingerprint density at radius 3 is 2.15 bits per heavy atom. The molecule has 0 saturated carbocycles. The summed E-state index contributed by atoms with van der Waals surface area (Å²) in [5, 5.41) is 0. The maximum Gasteiger partial charge on any atom is 0.175 e. The van der Waals surface area contributed by atoms with Crippen molar-refractivity contribution in [1.29, 1.82) is 0 Å². The molecule has 4 heteroatoms. The van der Waals surface area contributed by atoms with Crippen molar-refractivity contribution in [3.8, 4) is 11.5 Å². The first-order valence-electron chi connectivity index (χ1n) is 6.44. The first-order chi connectivity index (χ1) is 9.36. The van der Waals surface area contributed by atoms with Crippen molar-refractivity contribution in [2.45, 2.75) is 24.7 Å². The summed E-state index contributed by atoms with van der Waals surface area (Å²) in [5.74, 6) is 1.68. The van der Waals surface area contributed by atoms with Gasteiger partial charge in [0.2, 0.25) is 0 Å². The van der Waals surface area contributed by atoms with Crippen LogP contribution in [0.1, 0.15) is 25.3 Å². The lowest BCUT2D eigenvalue weighted by atomic mass is 10.0. The van der Waals surface area contributed by atoms with Gasteiger partial charge in [0.05, 0.1) is 4.90 Å². The molecule has 0 heterocycles. The van der Waals surface area contributed by atoms with Crippen molar-refractivity contribution >= 4 is 9.84 Å². The van der Waals surface area contributed by atoms with Crippen LogP contribution >= 0.6 is 0 Å². The maximum absolute atomic E-state index is 11.5. The van der Waals surface area contributed by atoms with E-state index < -0.39 is 9.84 Å². The molecule has 0 aliphatic heterocycles. The Kier molecular flexibility index (Phi) is 4.14. The second-order valence-corrected chi connectivity index (χ2v) is 7.09. The Bertz CT molecular complexity index is 686. The second kappa shape index (κ2) is 5.67. The summed E-state index contributed by atoms with van der Waals surface area (Å²) in [7, 11) is -3.22. The van der Waals surface area contributed by atoms with Crippen LogP contribution in [-0.4, -0.2) is 14.7 Å². The van der Waals surface area contributed by atoms with Crippen molar-refractivity contribution in [1.82, 2.24) is 0 Å². The predicted octanol–water partition coefficient (Wildman–Crippen LogP) is 4.01. The maximum atomic E-state index is 11.5. The van der Waals surface area contributed by atoms with E-state index in [-0.39, 0.29) is 4.90 Å². The Morgan fingerprint density at radius 1 is 0.950 bits per heavy atom. The van der Waals surface area contributed by atoms with Crippen LogP contribution in [0, 0.1) is 0 Å². The van der Waals surface area contributed by atoms with Gasteiger partial charge < -0.3 is 4.74 Å². The molecule has 0 aliphatic rings. The Hall–Kier alpha value is -1.81. The number of sulfone groups is 1. The molecule has 0 saturated heterocycles. The predicted molar refractivity (Wildman–Crippen MR) is 80.2 cm³/mol. The average Bonchev–Trinajstić information content (AvgIpc) is 2.38. The van der Waals surface area contributed by atoms with Crippen LogP contribution < -0.4 is 4.74 Å². The Morgan fingerprint density at radius 2 is 1.60 bits per heavy atom. The van der Waals surface area contributed by atoms with E-state index in [9.17, 15) is 8.42 Å². The zero-order valence-corrected chi connectivity index (χ0v) is 12.6. The van der Waals surface area contributed by atoms with Crippen molar-refractivity contribution in [3.05, 3.63) is 54.1 Å². The number of benzene rings is 2. The van der Waals surface area contributed by atoms with Gasteiger partial charge in [0.25, 0.3) is 0 Å². The Labute approximate surface area is 120 Å². The molecule has 0 radical (unpaired) electrons. The number of hydrogen-bond donors (Lipinski definition) is 0. The lowest BCUT2D eigenvalue weighted by Crippen LogP contribution is -1.97. The van der Waals surface area contributed by atoms with Crippen LogP contribution in [0.25, 0.3) is 0 Å². The first kappa shape index (κ1) is 14.6. The van der Waals surface area contributed by atoms with Crippen LogP contribution in [0.15, 0.2) is 53.4 Å². The summed E-state index contributed by atoms with van der Waals surface area (Å²) >= 11 is 0. The van der Waals surface area contributed by atoms with Gasteiger partial charge in [0, 0.05) is 6.26 Å². The van der Waals surface area contributed by atoms with Crippen LogP contribution in [0.3, 0.4) is 0 Å². The van der Waals surface area contributed by atoms with E-state index in [1.165, 1.54) is 17.9 Å². The minimum Gasteiger partial charge on any atom is -0.457 e. The molecule has 0 fully saturated rings. The zero-order chi connectivity index (χ0) is 14.8. The molecule has 2 rings (SSSR count). The second-order valence-electron chi connectivity index (χ2n) is 5.07. The quantitative estimate of drug-likeness (QED) is 0.854. The van der Waals surface area contributed by atoms with Crippen LogP contribution in [0.4, 0.5) is 0 Å². The van der Waals surface area contributed by atoms with Gasteiger partial charge in [-0.1, -0.05) is 32.0 Å². The third-order valence-corrected chi connectivity index (χ3v) is 4.13. The number of ether oxygens (including phenoxy) is 1. The summed E-state index contributed by atoms with van der Waals surface area (Å²) < 4.78 is 28.7. The minimum absolute atomic E-state index is 0.258. The minimum atomic E-state index is -3.22. The van der Waals surface area contributed by atoms with Gasteiger partial charge in [-0.05, 0) is 41.8 Å². The largest absolute Gasteiger partial charge is 0.457 e. The van der Waals surface area contributed by atoms with E-state index in [0.29, 0.717) is 17.4 Å². The zero-order valence-electron chi connectivity index (χ0n) is 11.8. The van der Waals surface area contributed by atoms with Gasteiger partial charge in [-0.2, -0.15) is 0 Å². The summed E-state index contributed by atoms with van der Waals surface area (Å²) in [6.07, 6.45) is 1.18. The lowest BCUT2D eigenvalue weighted by molar-refractivity contribution is 0.480. The average molecular weight is 290 g/mol. The lowest BCUT2D eigenvalue weighted by Gasteiger charge is -2.09. The molecule has 0 amide bonds. The fourth-order valence-corrected chi connectivity index (χ4v) is 2.48. The smallest absolute Gasteiger partial charge is 0.175 e. The normalized spacial score (nSPS) is 11.6. The van der Waals surface area contributed by atoms with E-state index in [2.05, 4.69) is 13.8 Å². The van der Waals surface area contributed by atoms with E-state index in [4.69, 9.17) is 4.74 Å². The first-order valence-corrected chi connectivity index (χ1v) is 8.33. The van der Waals surface area contributed by atoms with Crippen molar-refractivity contribution in [3.63, 3.8) is 0 Å². The fraction of sp³-hybridized carbons (Fsp3) is 0.250. The van der Waals surface area contributed by atoms with Crippen LogP contribution in [0.2, 0.25) is 0 Å². The van der Waals surface area contributed by atoms with Gasteiger partial charge >= 0.3 is 0 Å². The molecule has 106 valence electrons. The molecule has 0 unspecified atom stereocenters. The van der Waals surface area contributed by atoms with Gasteiger partial charge in [0.1, 0.15) is 11.5 Å². The van der Waals surface area contributed by atoms with E-state index >= 15 is 0 Å². The highest BCUT2D eigenvalue weighted by molar-refractivity contribution is 7.90. The summed E-state index contributed by atoms with van der Waals surface area (Å²) in [6, 6.07) is 14.3. The molecule has 20 heavy (non-hydrogen) atoms. The SMILES string of the molecule is CC(C)c1ccc(Oc2cccc(S(C)(=O)=O)c2)cc1.